The number of aliphatic imine (C=N–C) groups is 1. The van der Waals surface area contributed by atoms with E-state index in [1.54, 1.807) is 11.8 Å². The molecule has 12 heteroatoms. The van der Waals surface area contributed by atoms with E-state index in [0.29, 0.717) is 37.8 Å². The maximum atomic E-state index is 14.8. The van der Waals surface area contributed by atoms with Gasteiger partial charge in [-0.1, -0.05) is 109 Å². The highest BCUT2D eigenvalue weighted by Crippen LogP contribution is 2.45. The molecule has 2 N–H and O–H groups in total. The molecule has 0 aromatic heterocycles. The van der Waals surface area contributed by atoms with E-state index in [-0.39, 0.29) is 122 Å². The van der Waals surface area contributed by atoms with Crippen LogP contribution in [0.3, 0.4) is 0 Å². The molecule has 1 saturated carbocycles. The summed E-state index contributed by atoms with van der Waals surface area (Å²) in [4.78, 5) is 88.1. The molecule has 1 unspecified atom stereocenters. The quantitative estimate of drug-likeness (QED) is 0.0569. The monoisotopic (exact) mass is 894 g/mol. The molecule has 3 aliphatic carbocycles. The number of esters is 1. The van der Waals surface area contributed by atoms with Crippen LogP contribution in [0.15, 0.2) is 76.0 Å². The first-order valence-electron chi connectivity index (χ1n) is 23.5. The van der Waals surface area contributed by atoms with Crippen molar-refractivity contribution in [2.24, 2.45) is 27.7 Å². The molecule has 0 bridgehead atoms. The number of aliphatic hydroxyl groups excluding tert-OH is 1. The fourth-order valence-corrected chi connectivity index (χ4v) is 9.60. The number of carbonyl (C=O) groups excluding carboxylic acids is 6. The second-order valence-corrected chi connectivity index (χ2v) is 20.4. The summed E-state index contributed by atoms with van der Waals surface area (Å²) in [6.07, 6.45) is 1.96. The van der Waals surface area contributed by atoms with Crippen molar-refractivity contribution >= 4 is 41.0 Å². The lowest BCUT2D eigenvalue weighted by Gasteiger charge is -2.31. The lowest BCUT2D eigenvalue weighted by molar-refractivity contribution is -0.143. The van der Waals surface area contributed by atoms with Crippen LogP contribution in [0.5, 0.6) is 0 Å². The SMILES string of the molecule is CCOC(=O)CCC(NC(=O)OCC1c2ccccc2-c2ccccc21)C(=O)N(CCCC(CC(C)C)=C1C(=O)CC(C)(C)CC1=O)CCN=C(CC(C)C)C1=C(O)CC(C)(C)CC1=O. The van der Waals surface area contributed by atoms with Crippen molar-refractivity contribution in [1.29, 1.82) is 0 Å². The number of ketones is 3. The summed E-state index contributed by atoms with van der Waals surface area (Å²) in [5.74, 6) is -1.35. The number of ether oxygens (including phenoxy) is 2. The zero-order valence-corrected chi connectivity index (χ0v) is 40.1. The maximum Gasteiger partial charge on any atom is 0.407 e. The van der Waals surface area contributed by atoms with Crippen molar-refractivity contribution in [2.45, 2.75) is 138 Å². The van der Waals surface area contributed by atoms with Crippen molar-refractivity contribution in [3.63, 3.8) is 0 Å². The second-order valence-electron chi connectivity index (χ2n) is 20.4. The van der Waals surface area contributed by atoms with Gasteiger partial charge in [0.15, 0.2) is 17.3 Å². The lowest BCUT2D eigenvalue weighted by atomic mass is 9.72. The summed E-state index contributed by atoms with van der Waals surface area (Å²) >= 11 is 0. The number of allylic oxidation sites excluding steroid dienone is 4. The molecule has 1 fully saturated rings. The van der Waals surface area contributed by atoms with Gasteiger partial charge in [0.25, 0.3) is 0 Å². The van der Waals surface area contributed by atoms with Crippen molar-refractivity contribution in [2.75, 3.05) is 32.8 Å². The molecule has 2 aromatic carbocycles. The van der Waals surface area contributed by atoms with Crippen molar-refractivity contribution in [1.82, 2.24) is 10.2 Å². The largest absolute Gasteiger partial charge is 0.511 e. The number of hydrogen-bond acceptors (Lipinski definition) is 10. The molecule has 0 saturated heterocycles. The van der Waals surface area contributed by atoms with Gasteiger partial charge < -0.3 is 24.8 Å². The van der Waals surface area contributed by atoms with Gasteiger partial charge in [-0.15, -0.1) is 0 Å². The molecule has 3 aliphatic rings. The van der Waals surface area contributed by atoms with Gasteiger partial charge in [-0.05, 0) is 83.9 Å². The predicted molar refractivity (Wildman–Crippen MR) is 253 cm³/mol. The molecule has 2 amide bonds. The van der Waals surface area contributed by atoms with Gasteiger partial charge in [-0.3, -0.25) is 29.0 Å². The van der Waals surface area contributed by atoms with E-state index in [0.717, 1.165) is 27.8 Å². The minimum absolute atomic E-state index is 0.0193. The number of fused-ring (bicyclic) bond motifs is 3. The zero-order valence-electron chi connectivity index (χ0n) is 40.1. The summed E-state index contributed by atoms with van der Waals surface area (Å²) in [5.41, 5.74) is 5.23. The standard InChI is InChI=1S/C53H71N3O9/c1-10-64-47(61)22-21-41(55-51(63)65-32-40-38-19-13-11-17-36(38)37-18-12-14-20-39(37)40)50(62)56(24-15-16-35(26-33(2)3)48-43(57)28-52(6,7)29-44(48)58)25-23-54-42(27-34(4)5)49-45(59)30-53(8,9)31-46(49)60/h11-14,17-20,33-34,40-41,59H,10,15-16,21-32H2,1-9H3,(H,55,63). The number of hydrogen-bond donors (Lipinski definition) is 2. The van der Waals surface area contributed by atoms with Crippen molar-refractivity contribution < 1.29 is 43.3 Å². The second kappa shape index (κ2) is 22.2. The molecule has 0 spiro atoms. The highest BCUT2D eigenvalue weighted by Gasteiger charge is 2.38. The third-order valence-corrected chi connectivity index (χ3v) is 12.4. The van der Waals surface area contributed by atoms with Gasteiger partial charge in [-0.25, -0.2) is 4.79 Å². The van der Waals surface area contributed by atoms with Crippen LogP contribution >= 0.6 is 0 Å². The van der Waals surface area contributed by atoms with E-state index in [1.807, 2.05) is 104 Å². The van der Waals surface area contributed by atoms with Gasteiger partial charge in [0.05, 0.1) is 24.3 Å². The van der Waals surface area contributed by atoms with Gasteiger partial charge in [-0.2, -0.15) is 0 Å². The van der Waals surface area contributed by atoms with Crippen LogP contribution in [0.25, 0.3) is 11.1 Å². The van der Waals surface area contributed by atoms with Gasteiger partial charge in [0, 0.05) is 56.8 Å². The Morgan fingerprint density at radius 3 is 1.92 bits per heavy atom. The van der Waals surface area contributed by atoms with Crippen LogP contribution in [0.2, 0.25) is 0 Å². The Hall–Kier alpha value is -5.39. The van der Waals surface area contributed by atoms with Crippen LogP contribution < -0.4 is 5.32 Å². The third-order valence-electron chi connectivity index (χ3n) is 12.4. The van der Waals surface area contributed by atoms with Crippen LogP contribution in [-0.2, 0) is 33.4 Å². The molecule has 1 atom stereocenters. The fraction of sp³-hybridized carbons (Fsp3) is 0.566. The van der Waals surface area contributed by atoms with Crippen molar-refractivity contribution in [3.8, 4) is 11.1 Å². The molecular formula is C53H71N3O9. The minimum atomic E-state index is -1.18. The summed E-state index contributed by atoms with van der Waals surface area (Å²) < 4.78 is 11.1. The normalized spacial score (nSPS) is 17.6. The molecule has 65 heavy (non-hydrogen) atoms. The fourth-order valence-electron chi connectivity index (χ4n) is 9.60. The number of aliphatic hydroxyl groups is 1. The Balaban J connectivity index is 1.43. The van der Waals surface area contributed by atoms with E-state index in [2.05, 4.69) is 5.32 Å². The first kappa shape index (κ1) is 50.6. The number of alkyl carbamates (subject to hydrolysis) is 1. The molecular weight excluding hydrogens is 823 g/mol. The summed E-state index contributed by atoms with van der Waals surface area (Å²) in [7, 11) is 0. The minimum Gasteiger partial charge on any atom is -0.511 e. The summed E-state index contributed by atoms with van der Waals surface area (Å²) in [6, 6.07) is 14.8. The van der Waals surface area contributed by atoms with Crippen LogP contribution in [0, 0.1) is 22.7 Å². The Morgan fingerprint density at radius 1 is 0.785 bits per heavy atom. The van der Waals surface area contributed by atoms with Crippen LogP contribution in [0.4, 0.5) is 4.79 Å². The third kappa shape index (κ3) is 13.6. The van der Waals surface area contributed by atoms with E-state index in [4.69, 9.17) is 14.5 Å². The average molecular weight is 894 g/mol. The molecule has 0 radical (unpaired) electrons. The molecule has 0 heterocycles. The topological polar surface area (TPSA) is 169 Å². The smallest absolute Gasteiger partial charge is 0.407 e. The predicted octanol–water partition coefficient (Wildman–Crippen LogP) is 9.84. The van der Waals surface area contributed by atoms with Crippen LogP contribution in [-0.4, -0.2) is 89.9 Å². The Bertz CT molecular complexity index is 2140. The number of rotatable bonds is 20. The van der Waals surface area contributed by atoms with Crippen molar-refractivity contribution in [3.05, 3.63) is 82.1 Å². The first-order valence-corrected chi connectivity index (χ1v) is 23.5. The molecule has 0 aliphatic heterocycles. The lowest BCUT2D eigenvalue weighted by Crippen LogP contribution is -2.50. The molecule has 352 valence electrons. The number of amides is 2. The number of nitrogens with zero attached hydrogens (tertiary/aromatic N) is 2. The van der Waals surface area contributed by atoms with E-state index in [1.165, 1.54) is 0 Å². The van der Waals surface area contributed by atoms with E-state index < -0.39 is 29.4 Å². The summed E-state index contributed by atoms with van der Waals surface area (Å²) in [5, 5.41) is 13.9. The zero-order chi connectivity index (χ0) is 47.6. The van der Waals surface area contributed by atoms with Gasteiger partial charge in [0.2, 0.25) is 5.91 Å². The summed E-state index contributed by atoms with van der Waals surface area (Å²) in [6.45, 7) is 18.1. The molecule has 2 aromatic rings. The van der Waals surface area contributed by atoms with Gasteiger partial charge in [0.1, 0.15) is 18.4 Å². The van der Waals surface area contributed by atoms with Gasteiger partial charge >= 0.3 is 12.1 Å². The van der Waals surface area contributed by atoms with Crippen LogP contribution in [0.1, 0.15) is 144 Å². The Labute approximate surface area is 385 Å². The number of carbonyl (C=O) groups is 6. The average Bonchev–Trinajstić information content (AvgIpc) is 3.52. The Kier molecular flexibility index (Phi) is 17.3. The molecule has 5 rings (SSSR count). The van der Waals surface area contributed by atoms with E-state index >= 15 is 0 Å². The number of nitrogens with one attached hydrogen (secondary N) is 1. The highest BCUT2D eigenvalue weighted by atomic mass is 16.5. The number of benzene rings is 2. The molecule has 12 nitrogen and oxygen atoms in total. The first-order chi connectivity index (χ1) is 30.7. The number of Topliss-reactive ketones (excluding diaryl/α,β-unsaturated/α-hetero) is 3. The highest BCUT2D eigenvalue weighted by molar-refractivity contribution is 6.23. The van der Waals surface area contributed by atoms with E-state index in [9.17, 15) is 33.9 Å². The maximum absolute atomic E-state index is 14.8. The Morgan fingerprint density at radius 2 is 1.35 bits per heavy atom.